The lowest BCUT2D eigenvalue weighted by Gasteiger charge is -2.20. The third kappa shape index (κ3) is 2.38. The van der Waals surface area contributed by atoms with Crippen LogP contribution in [0.5, 0.6) is 0 Å². The lowest BCUT2D eigenvalue weighted by molar-refractivity contribution is 0.0997. The van der Waals surface area contributed by atoms with Crippen molar-refractivity contribution in [2.75, 3.05) is 10.6 Å². The van der Waals surface area contributed by atoms with Gasteiger partial charge in [-0.3, -0.25) is 9.69 Å². The van der Waals surface area contributed by atoms with E-state index >= 15 is 0 Å². The molecule has 4 nitrogen and oxygen atoms in total. The van der Waals surface area contributed by atoms with E-state index in [4.69, 9.17) is 5.73 Å². The first-order valence-electron chi connectivity index (χ1n) is 7.63. The number of amides is 1. The standard InChI is InChI=1S/C19H17N3O/c20-16-9-7-14(8-10-16)19(23)22-13-17-5-3-11-21(17)12-15-4-1-2-6-18(15)22/h1-4,6-11,13H,5,12,20H2. The Morgan fingerprint density at radius 1 is 1.04 bits per heavy atom. The minimum Gasteiger partial charge on any atom is -0.399 e. The topological polar surface area (TPSA) is 49.6 Å². The SMILES string of the molecule is Nc1ccc(C(=O)N2C=C3CC=CN3Cc3ccccc32)cc1. The average molecular weight is 303 g/mol. The number of benzene rings is 2. The molecule has 0 unspecified atom stereocenters. The first-order chi connectivity index (χ1) is 11.2. The number of hydrogen-bond acceptors (Lipinski definition) is 3. The maximum Gasteiger partial charge on any atom is 0.262 e. The number of hydrogen-bond donors (Lipinski definition) is 1. The van der Waals surface area contributed by atoms with E-state index in [1.54, 1.807) is 29.2 Å². The summed E-state index contributed by atoms with van der Waals surface area (Å²) in [7, 11) is 0. The van der Waals surface area contributed by atoms with Gasteiger partial charge in [0.1, 0.15) is 0 Å². The van der Waals surface area contributed by atoms with Crippen LogP contribution in [-0.4, -0.2) is 10.8 Å². The molecule has 0 fully saturated rings. The quantitative estimate of drug-likeness (QED) is 0.820. The summed E-state index contributed by atoms with van der Waals surface area (Å²) in [4.78, 5) is 17.0. The Balaban J connectivity index is 1.80. The monoisotopic (exact) mass is 303 g/mol. The number of rotatable bonds is 1. The van der Waals surface area contributed by atoms with Crippen LogP contribution in [0.3, 0.4) is 0 Å². The van der Waals surface area contributed by atoms with Crippen LogP contribution in [0.15, 0.2) is 72.7 Å². The summed E-state index contributed by atoms with van der Waals surface area (Å²) < 4.78 is 0. The number of allylic oxidation sites excluding steroid dienone is 1. The zero-order chi connectivity index (χ0) is 15.8. The Kier molecular flexibility index (Phi) is 3.15. The van der Waals surface area contributed by atoms with Gasteiger partial charge in [0, 0.05) is 42.3 Å². The Morgan fingerprint density at radius 3 is 2.65 bits per heavy atom. The molecule has 4 heteroatoms. The Morgan fingerprint density at radius 2 is 1.83 bits per heavy atom. The molecule has 4 rings (SSSR count). The van der Waals surface area contributed by atoms with Crippen LogP contribution in [0.1, 0.15) is 22.3 Å². The van der Waals surface area contributed by atoms with E-state index in [2.05, 4.69) is 23.2 Å². The molecule has 2 aromatic carbocycles. The highest BCUT2D eigenvalue weighted by atomic mass is 16.2. The van der Waals surface area contributed by atoms with E-state index in [0.717, 1.165) is 29.9 Å². The Labute approximate surface area is 135 Å². The maximum atomic E-state index is 13.0. The average Bonchev–Trinajstić information content (AvgIpc) is 2.94. The molecule has 2 aliphatic rings. The number of carbonyl (C=O) groups is 1. The fourth-order valence-electron chi connectivity index (χ4n) is 3.01. The first kappa shape index (κ1) is 13.6. The van der Waals surface area contributed by atoms with Gasteiger partial charge in [0.2, 0.25) is 0 Å². The minimum atomic E-state index is -0.0429. The fraction of sp³-hybridized carbons (Fsp3) is 0.105. The number of para-hydroxylation sites is 1. The van der Waals surface area contributed by atoms with Crippen LogP contribution >= 0.6 is 0 Å². The molecule has 0 aromatic heterocycles. The third-order valence-electron chi connectivity index (χ3n) is 4.23. The fourth-order valence-corrected chi connectivity index (χ4v) is 3.01. The van der Waals surface area contributed by atoms with Crippen LogP contribution in [0.25, 0.3) is 0 Å². The van der Waals surface area contributed by atoms with Crippen molar-refractivity contribution in [1.29, 1.82) is 0 Å². The van der Waals surface area contributed by atoms with Crippen LogP contribution in [0.4, 0.5) is 11.4 Å². The highest BCUT2D eigenvalue weighted by molar-refractivity contribution is 6.08. The summed E-state index contributed by atoms with van der Waals surface area (Å²) in [5.74, 6) is -0.0429. The van der Waals surface area contributed by atoms with Gasteiger partial charge in [0.15, 0.2) is 0 Å². The van der Waals surface area contributed by atoms with Crippen molar-refractivity contribution in [2.24, 2.45) is 0 Å². The number of nitrogen functional groups attached to an aromatic ring is 1. The molecule has 2 N–H and O–H groups in total. The van der Waals surface area contributed by atoms with Gasteiger partial charge >= 0.3 is 0 Å². The van der Waals surface area contributed by atoms with E-state index in [-0.39, 0.29) is 5.91 Å². The molecule has 0 saturated carbocycles. The predicted molar refractivity (Wildman–Crippen MR) is 91.5 cm³/mol. The number of nitrogens with two attached hydrogens (primary N) is 1. The van der Waals surface area contributed by atoms with Crippen molar-refractivity contribution in [3.05, 3.63) is 83.8 Å². The first-order valence-corrected chi connectivity index (χ1v) is 7.63. The van der Waals surface area contributed by atoms with E-state index in [1.807, 2.05) is 24.4 Å². The second-order valence-corrected chi connectivity index (χ2v) is 5.76. The second-order valence-electron chi connectivity index (χ2n) is 5.76. The number of anilines is 2. The molecule has 0 saturated heterocycles. The van der Waals surface area contributed by atoms with E-state index in [1.165, 1.54) is 0 Å². The summed E-state index contributed by atoms with van der Waals surface area (Å²) in [6, 6.07) is 15.1. The summed E-state index contributed by atoms with van der Waals surface area (Å²) >= 11 is 0. The summed E-state index contributed by atoms with van der Waals surface area (Å²) in [5.41, 5.74) is 10.2. The highest BCUT2D eigenvalue weighted by Gasteiger charge is 2.25. The zero-order valence-electron chi connectivity index (χ0n) is 12.6. The van der Waals surface area contributed by atoms with Crippen LogP contribution in [-0.2, 0) is 6.54 Å². The van der Waals surface area contributed by atoms with Crippen molar-refractivity contribution < 1.29 is 4.79 Å². The van der Waals surface area contributed by atoms with Gasteiger partial charge in [-0.1, -0.05) is 24.3 Å². The van der Waals surface area contributed by atoms with Crippen LogP contribution in [0.2, 0.25) is 0 Å². The van der Waals surface area contributed by atoms with E-state index < -0.39 is 0 Å². The van der Waals surface area contributed by atoms with Crippen molar-refractivity contribution >= 4 is 17.3 Å². The summed E-state index contributed by atoms with van der Waals surface area (Å²) in [6.45, 7) is 0.782. The zero-order valence-corrected chi connectivity index (χ0v) is 12.6. The van der Waals surface area contributed by atoms with Gasteiger partial charge in [0.25, 0.3) is 5.91 Å². The van der Waals surface area contributed by atoms with Gasteiger partial charge < -0.3 is 10.6 Å². The number of fused-ring (bicyclic) bond motifs is 2. The molecule has 2 heterocycles. The van der Waals surface area contributed by atoms with Gasteiger partial charge in [-0.25, -0.2) is 0 Å². The molecular weight excluding hydrogens is 286 g/mol. The van der Waals surface area contributed by atoms with Crippen molar-refractivity contribution in [3.8, 4) is 0 Å². The second kappa shape index (κ2) is 5.32. The Bertz CT molecular complexity index is 821. The van der Waals surface area contributed by atoms with Gasteiger partial charge in [-0.05, 0) is 35.9 Å². The lowest BCUT2D eigenvalue weighted by Crippen LogP contribution is -2.26. The van der Waals surface area contributed by atoms with Gasteiger partial charge in [0.05, 0.1) is 5.69 Å². The van der Waals surface area contributed by atoms with Crippen molar-refractivity contribution in [2.45, 2.75) is 13.0 Å². The number of nitrogens with zero attached hydrogens (tertiary/aromatic N) is 2. The smallest absolute Gasteiger partial charge is 0.262 e. The molecule has 0 radical (unpaired) electrons. The molecule has 23 heavy (non-hydrogen) atoms. The molecule has 1 amide bonds. The normalized spacial score (nSPS) is 15.7. The van der Waals surface area contributed by atoms with Gasteiger partial charge in [-0.15, -0.1) is 0 Å². The predicted octanol–water partition coefficient (Wildman–Crippen LogP) is 3.49. The minimum absolute atomic E-state index is 0.0429. The van der Waals surface area contributed by atoms with Crippen molar-refractivity contribution in [1.82, 2.24) is 4.90 Å². The molecule has 2 aromatic rings. The van der Waals surface area contributed by atoms with Crippen molar-refractivity contribution in [3.63, 3.8) is 0 Å². The largest absolute Gasteiger partial charge is 0.399 e. The maximum absolute atomic E-state index is 13.0. The summed E-state index contributed by atoms with van der Waals surface area (Å²) in [5, 5.41) is 0. The molecule has 0 spiro atoms. The van der Waals surface area contributed by atoms with E-state index in [9.17, 15) is 4.79 Å². The highest BCUT2D eigenvalue weighted by Crippen LogP contribution is 2.32. The third-order valence-corrected chi connectivity index (χ3v) is 4.23. The molecule has 114 valence electrons. The molecular formula is C19H17N3O. The molecule has 0 bridgehead atoms. The van der Waals surface area contributed by atoms with Crippen LogP contribution in [0, 0.1) is 0 Å². The molecule has 0 atom stereocenters. The summed E-state index contributed by atoms with van der Waals surface area (Å²) in [6.07, 6.45) is 7.00. The number of carbonyl (C=O) groups excluding carboxylic acids is 1. The van der Waals surface area contributed by atoms with E-state index in [0.29, 0.717) is 11.3 Å². The van der Waals surface area contributed by atoms with Gasteiger partial charge in [-0.2, -0.15) is 0 Å². The molecule has 2 aliphatic heterocycles. The lowest BCUT2D eigenvalue weighted by atomic mass is 10.1. The van der Waals surface area contributed by atoms with Crippen LogP contribution < -0.4 is 10.6 Å². The Hall–Kier alpha value is -3.01. The molecule has 0 aliphatic carbocycles.